The highest BCUT2D eigenvalue weighted by molar-refractivity contribution is 6.77. The van der Waals surface area contributed by atoms with Gasteiger partial charge in [-0.3, -0.25) is 4.79 Å². The fourth-order valence-corrected chi connectivity index (χ4v) is 1.75. The summed E-state index contributed by atoms with van der Waals surface area (Å²) >= 11 is 16.5. The van der Waals surface area contributed by atoms with E-state index in [0.29, 0.717) is 5.69 Å². The molecule has 1 rings (SSSR count). The van der Waals surface area contributed by atoms with Gasteiger partial charge in [-0.05, 0) is 24.5 Å². The zero-order valence-electron chi connectivity index (χ0n) is 9.03. The van der Waals surface area contributed by atoms with Crippen LogP contribution in [0.2, 0.25) is 0 Å². The van der Waals surface area contributed by atoms with Crippen molar-refractivity contribution in [3.63, 3.8) is 0 Å². The minimum absolute atomic E-state index is 0.353. The number of carbonyl (C=O) groups excluding carboxylic acids is 1. The molecular weight excluding hydrogens is 268 g/mol. The fraction of sp³-hybridized carbons (Fsp3) is 0.545. The van der Waals surface area contributed by atoms with Gasteiger partial charge in [0.05, 0.1) is 5.69 Å². The lowest BCUT2D eigenvalue weighted by Crippen LogP contribution is -2.19. The Bertz CT molecular complexity index is 354. The van der Waals surface area contributed by atoms with Crippen molar-refractivity contribution < 1.29 is 4.79 Å². The molecule has 0 saturated carbocycles. The molecule has 16 heavy (non-hydrogen) atoms. The van der Waals surface area contributed by atoms with Gasteiger partial charge in [-0.2, -0.15) is 0 Å². The molecule has 1 heterocycles. The smallest absolute Gasteiger partial charge is 0.254 e. The van der Waals surface area contributed by atoms with Crippen LogP contribution in [0.15, 0.2) is 12.3 Å². The second-order valence-corrected chi connectivity index (χ2v) is 5.99. The first-order valence-electron chi connectivity index (χ1n) is 5.24. The number of aromatic nitrogens is 1. The Morgan fingerprint density at radius 1 is 1.38 bits per heavy atom. The fourth-order valence-electron chi connectivity index (χ4n) is 1.45. The van der Waals surface area contributed by atoms with Crippen LogP contribution < -0.4 is 0 Å². The summed E-state index contributed by atoms with van der Waals surface area (Å²) in [5.74, 6) is -0.515. The van der Waals surface area contributed by atoms with Crippen LogP contribution in [-0.4, -0.2) is 14.6 Å². The predicted octanol–water partition coefficient (Wildman–Crippen LogP) is 4.30. The summed E-state index contributed by atoms with van der Waals surface area (Å²) in [6.07, 6.45) is 6.19. The van der Waals surface area contributed by atoms with Crippen LogP contribution in [0.1, 0.15) is 42.2 Å². The van der Waals surface area contributed by atoms with Gasteiger partial charge in [-0.15, -0.1) is 0 Å². The number of hydrogen-bond donors (Lipinski definition) is 1. The average Bonchev–Trinajstić information content (AvgIpc) is 2.64. The van der Waals surface area contributed by atoms with Gasteiger partial charge in [-0.1, -0.05) is 54.6 Å². The molecule has 0 radical (unpaired) electrons. The molecule has 0 unspecified atom stereocenters. The van der Waals surface area contributed by atoms with Crippen LogP contribution in [0.3, 0.4) is 0 Å². The van der Waals surface area contributed by atoms with Crippen molar-refractivity contribution in [3.8, 4) is 0 Å². The molecule has 1 aromatic rings. The number of halogens is 3. The number of carbonyl (C=O) groups is 1. The quantitative estimate of drug-likeness (QED) is 0.487. The monoisotopic (exact) mass is 281 g/mol. The van der Waals surface area contributed by atoms with Crippen LogP contribution in [0.5, 0.6) is 0 Å². The van der Waals surface area contributed by atoms with Crippen LogP contribution in [0.4, 0.5) is 0 Å². The number of rotatable bonds is 5. The van der Waals surface area contributed by atoms with Crippen molar-refractivity contribution in [2.75, 3.05) is 0 Å². The van der Waals surface area contributed by atoms with E-state index < -0.39 is 9.58 Å². The minimum Gasteiger partial charge on any atom is -0.358 e. The molecule has 5 heteroatoms. The van der Waals surface area contributed by atoms with E-state index >= 15 is 0 Å². The minimum atomic E-state index is -1.88. The summed E-state index contributed by atoms with van der Waals surface area (Å²) in [6.45, 7) is 2.15. The van der Waals surface area contributed by atoms with Gasteiger partial charge in [-0.25, -0.2) is 0 Å². The van der Waals surface area contributed by atoms with E-state index in [0.717, 1.165) is 18.4 Å². The summed E-state index contributed by atoms with van der Waals surface area (Å²) in [7, 11) is 0. The second-order valence-electron chi connectivity index (χ2n) is 3.71. The van der Waals surface area contributed by atoms with Gasteiger partial charge >= 0.3 is 0 Å². The third kappa shape index (κ3) is 4.00. The van der Waals surface area contributed by atoms with Crippen molar-refractivity contribution in [2.45, 2.75) is 36.4 Å². The summed E-state index contributed by atoms with van der Waals surface area (Å²) in [5, 5.41) is 0. The lowest BCUT2D eigenvalue weighted by Gasteiger charge is -2.06. The topological polar surface area (TPSA) is 32.9 Å². The molecule has 0 aliphatic carbocycles. The lowest BCUT2D eigenvalue weighted by molar-refractivity contribution is 0.0992. The molecule has 90 valence electrons. The van der Waals surface area contributed by atoms with Crippen LogP contribution in [0, 0.1) is 0 Å². The first-order chi connectivity index (χ1) is 7.45. The average molecular weight is 283 g/mol. The van der Waals surface area contributed by atoms with Gasteiger partial charge < -0.3 is 4.98 Å². The molecule has 0 atom stereocenters. The van der Waals surface area contributed by atoms with Gasteiger partial charge in [0, 0.05) is 6.20 Å². The zero-order valence-corrected chi connectivity index (χ0v) is 11.3. The molecule has 0 spiro atoms. The number of aryl methyl sites for hydroxylation is 1. The standard InChI is InChI=1S/C11H14Cl3NO/c1-2-3-4-5-8-6-9(15-7-8)10(16)11(12,13)14/h6-7,15H,2-5H2,1H3. The van der Waals surface area contributed by atoms with E-state index in [1.54, 1.807) is 12.3 Å². The third-order valence-electron chi connectivity index (χ3n) is 2.31. The van der Waals surface area contributed by atoms with Crippen molar-refractivity contribution in [1.82, 2.24) is 4.98 Å². The number of Topliss-reactive ketones (excluding diaryl/α,β-unsaturated/α-hetero) is 1. The Morgan fingerprint density at radius 3 is 2.62 bits per heavy atom. The highest BCUT2D eigenvalue weighted by Crippen LogP contribution is 2.30. The van der Waals surface area contributed by atoms with Crippen LogP contribution in [-0.2, 0) is 6.42 Å². The Hall–Kier alpha value is -0.180. The second kappa shape index (κ2) is 5.95. The molecule has 2 nitrogen and oxygen atoms in total. The summed E-state index contributed by atoms with van der Waals surface area (Å²) in [4.78, 5) is 14.4. The molecule has 0 saturated heterocycles. The van der Waals surface area contributed by atoms with E-state index in [9.17, 15) is 4.79 Å². The maximum atomic E-state index is 11.6. The number of unbranched alkanes of at least 4 members (excludes halogenated alkanes) is 2. The van der Waals surface area contributed by atoms with E-state index in [2.05, 4.69) is 11.9 Å². The van der Waals surface area contributed by atoms with E-state index in [1.165, 1.54) is 12.8 Å². The molecule has 0 aromatic carbocycles. The van der Waals surface area contributed by atoms with Crippen molar-refractivity contribution in [2.24, 2.45) is 0 Å². The van der Waals surface area contributed by atoms with Crippen LogP contribution >= 0.6 is 34.8 Å². The number of nitrogens with one attached hydrogen (secondary N) is 1. The Kier molecular flexibility index (Phi) is 5.16. The lowest BCUT2D eigenvalue weighted by atomic mass is 10.1. The number of alkyl halides is 3. The Morgan fingerprint density at radius 2 is 2.06 bits per heavy atom. The largest absolute Gasteiger partial charge is 0.358 e. The van der Waals surface area contributed by atoms with Crippen molar-refractivity contribution >= 4 is 40.6 Å². The molecule has 0 aliphatic heterocycles. The maximum absolute atomic E-state index is 11.6. The Balaban J connectivity index is 2.61. The zero-order chi connectivity index (χ0) is 12.2. The molecule has 0 fully saturated rings. The Labute approximate surface area is 110 Å². The van der Waals surface area contributed by atoms with Gasteiger partial charge in [0.2, 0.25) is 5.78 Å². The molecular formula is C11H14Cl3NO. The maximum Gasteiger partial charge on any atom is 0.254 e. The predicted molar refractivity (Wildman–Crippen MR) is 68.6 cm³/mol. The highest BCUT2D eigenvalue weighted by atomic mass is 35.6. The molecule has 0 aliphatic rings. The van der Waals surface area contributed by atoms with E-state index in [-0.39, 0.29) is 0 Å². The van der Waals surface area contributed by atoms with E-state index in [1.807, 2.05) is 0 Å². The van der Waals surface area contributed by atoms with Crippen molar-refractivity contribution in [3.05, 3.63) is 23.5 Å². The molecule has 0 amide bonds. The van der Waals surface area contributed by atoms with Gasteiger partial charge in [0.25, 0.3) is 3.79 Å². The van der Waals surface area contributed by atoms with E-state index in [4.69, 9.17) is 34.8 Å². The van der Waals surface area contributed by atoms with Gasteiger partial charge in [0.1, 0.15) is 0 Å². The summed E-state index contributed by atoms with van der Waals surface area (Å²) < 4.78 is -1.88. The first-order valence-corrected chi connectivity index (χ1v) is 6.37. The SMILES string of the molecule is CCCCCc1c[nH]c(C(=O)C(Cl)(Cl)Cl)c1. The summed E-state index contributed by atoms with van der Waals surface area (Å²) in [5.41, 5.74) is 1.43. The third-order valence-corrected chi connectivity index (χ3v) is 2.83. The number of hydrogen-bond acceptors (Lipinski definition) is 1. The number of ketones is 1. The first kappa shape index (κ1) is 13.9. The highest BCUT2D eigenvalue weighted by Gasteiger charge is 2.32. The normalized spacial score (nSPS) is 11.8. The number of H-pyrrole nitrogens is 1. The summed E-state index contributed by atoms with van der Waals surface area (Å²) in [6, 6.07) is 1.75. The number of aromatic amines is 1. The van der Waals surface area contributed by atoms with Crippen LogP contribution in [0.25, 0.3) is 0 Å². The molecule has 1 N–H and O–H groups in total. The molecule has 0 bridgehead atoms. The van der Waals surface area contributed by atoms with Crippen molar-refractivity contribution in [1.29, 1.82) is 0 Å². The molecule has 1 aromatic heterocycles. The van der Waals surface area contributed by atoms with Gasteiger partial charge in [0.15, 0.2) is 0 Å².